The highest BCUT2D eigenvalue weighted by Gasteiger charge is 2.36. The number of rotatable bonds is 4. The molecule has 2 atom stereocenters. The molecule has 0 heterocycles. The lowest BCUT2D eigenvalue weighted by Gasteiger charge is -2.23. The van der Waals surface area contributed by atoms with E-state index in [1.54, 1.807) is 11.1 Å². The van der Waals surface area contributed by atoms with Crippen LogP contribution >= 0.6 is 31.9 Å². The Bertz CT molecular complexity index is 1300. The van der Waals surface area contributed by atoms with Crippen molar-refractivity contribution in [2.45, 2.75) is 50.9 Å². The summed E-state index contributed by atoms with van der Waals surface area (Å²) in [5, 5.41) is 0. The molecule has 4 aromatic carbocycles. The molecule has 0 radical (unpaired) electrons. The van der Waals surface area contributed by atoms with Crippen molar-refractivity contribution in [3.8, 4) is 11.1 Å². The average molecular weight is 572 g/mol. The van der Waals surface area contributed by atoms with Gasteiger partial charge in [0.15, 0.2) is 0 Å². The van der Waals surface area contributed by atoms with Crippen molar-refractivity contribution < 1.29 is 0 Å². The third-order valence-electron chi connectivity index (χ3n) is 7.98. The minimum Gasteiger partial charge on any atom is -0.0579 e. The zero-order valence-corrected chi connectivity index (χ0v) is 22.8. The fraction of sp³-hybridized carbons (Fsp3) is 0.250. The van der Waals surface area contributed by atoms with Crippen molar-refractivity contribution in [3.63, 3.8) is 0 Å². The zero-order chi connectivity index (χ0) is 23.4. The molecule has 1 fully saturated rings. The van der Waals surface area contributed by atoms with E-state index in [1.807, 2.05) is 0 Å². The minimum absolute atomic E-state index is 0.198. The first kappa shape index (κ1) is 22.3. The van der Waals surface area contributed by atoms with Crippen molar-refractivity contribution in [3.05, 3.63) is 127 Å². The third kappa shape index (κ3) is 3.89. The number of aryl methyl sites for hydroxylation is 2. The monoisotopic (exact) mass is 570 g/mol. The molecule has 0 aliphatic heterocycles. The lowest BCUT2D eigenvalue weighted by molar-refractivity contribution is 0.718. The molecule has 34 heavy (non-hydrogen) atoms. The fourth-order valence-corrected chi connectivity index (χ4v) is 7.04. The summed E-state index contributed by atoms with van der Waals surface area (Å²) in [6, 6.07) is 29.7. The number of halogens is 2. The van der Waals surface area contributed by atoms with Gasteiger partial charge in [0.05, 0.1) is 0 Å². The zero-order valence-electron chi connectivity index (χ0n) is 19.6. The van der Waals surface area contributed by atoms with E-state index < -0.39 is 0 Å². The maximum absolute atomic E-state index is 3.60. The van der Waals surface area contributed by atoms with E-state index in [0.717, 1.165) is 20.8 Å². The summed E-state index contributed by atoms with van der Waals surface area (Å²) in [4.78, 5) is 0. The highest BCUT2D eigenvalue weighted by Crippen LogP contribution is 2.53. The van der Waals surface area contributed by atoms with Crippen molar-refractivity contribution in [1.82, 2.24) is 0 Å². The Balaban J connectivity index is 1.45. The number of hydrogen-bond donors (Lipinski definition) is 0. The van der Waals surface area contributed by atoms with Gasteiger partial charge in [0.1, 0.15) is 0 Å². The summed E-state index contributed by atoms with van der Waals surface area (Å²) in [6.45, 7) is 4.57. The van der Waals surface area contributed by atoms with E-state index in [-0.39, 0.29) is 5.92 Å². The summed E-state index contributed by atoms with van der Waals surface area (Å²) < 4.78 is 2.22. The van der Waals surface area contributed by atoms with E-state index >= 15 is 0 Å². The smallest absolute Gasteiger partial charge is 0.0340 e. The molecule has 2 aliphatic carbocycles. The van der Waals surface area contributed by atoms with Gasteiger partial charge in [0.2, 0.25) is 0 Å². The molecule has 6 rings (SSSR count). The molecule has 2 heteroatoms. The van der Waals surface area contributed by atoms with Crippen LogP contribution in [0.15, 0.2) is 87.8 Å². The molecule has 2 bridgehead atoms. The second-order valence-corrected chi connectivity index (χ2v) is 11.9. The molecule has 0 spiro atoms. The Morgan fingerprint density at radius 1 is 0.618 bits per heavy atom. The van der Waals surface area contributed by atoms with Gasteiger partial charge in [0, 0.05) is 14.9 Å². The summed E-state index contributed by atoms with van der Waals surface area (Å²) in [5.74, 6) is 1.80. The molecule has 0 saturated heterocycles. The van der Waals surface area contributed by atoms with Crippen LogP contribution in [-0.2, 0) is 0 Å². The second-order valence-electron chi connectivity index (χ2n) is 10.1. The lowest BCUT2D eigenvalue weighted by Crippen LogP contribution is -2.05. The van der Waals surface area contributed by atoms with Gasteiger partial charge in [-0.1, -0.05) is 86.5 Å². The first-order valence-electron chi connectivity index (χ1n) is 12.2. The lowest BCUT2D eigenvalue weighted by atomic mass is 9.81. The molecule has 0 nitrogen and oxygen atoms in total. The molecule has 170 valence electrons. The van der Waals surface area contributed by atoms with E-state index in [0.29, 0.717) is 0 Å². The number of benzene rings is 4. The molecule has 0 aromatic heterocycles. The highest BCUT2D eigenvalue weighted by atomic mass is 79.9. The van der Waals surface area contributed by atoms with E-state index in [1.165, 1.54) is 58.2 Å². The molecule has 4 aromatic rings. The molecular weight excluding hydrogens is 544 g/mol. The second kappa shape index (κ2) is 8.81. The predicted octanol–water partition coefficient (Wildman–Crippen LogP) is 10.0. The summed E-state index contributed by atoms with van der Waals surface area (Å²) in [5.41, 5.74) is 12.7. The van der Waals surface area contributed by atoms with Crippen LogP contribution in [0.25, 0.3) is 11.1 Å². The topological polar surface area (TPSA) is 0 Å². The van der Waals surface area contributed by atoms with E-state index in [2.05, 4.69) is 125 Å². The van der Waals surface area contributed by atoms with Crippen LogP contribution in [0.2, 0.25) is 0 Å². The van der Waals surface area contributed by atoms with Crippen LogP contribution < -0.4 is 0 Å². The van der Waals surface area contributed by atoms with Gasteiger partial charge in [0.25, 0.3) is 0 Å². The maximum atomic E-state index is 3.60. The molecule has 1 saturated carbocycles. The summed E-state index contributed by atoms with van der Waals surface area (Å²) in [7, 11) is 0. The van der Waals surface area contributed by atoms with E-state index in [9.17, 15) is 0 Å². The van der Waals surface area contributed by atoms with Crippen LogP contribution in [0.4, 0.5) is 0 Å². The first-order chi connectivity index (χ1) is 16.5. The van der Waals surface area contributed by atoms with Gasteiger partial charge >= 0.3 is 0 Å². The van der Waals surface area contributed by atoms with Crippen molar-refractivity contribution >= 4 is 31.9 Å². The van der Waals surface area contributed by atoms with Crippen molar-refractivity contribution in [2.75, 3.05) is 0 Å². The van der Waals surface area contributed by atoms with E-state index in [4.69, 9.17) is 0 Å². The Labute approximate surface area is 219 Å². The standard InChI is InChI=1S/C32H28Br2/c1-19-15-26(32(21-5-10-27(33)11-6-21)22-7-12-28(34)13-8-22)16-20(2)31(19)25-9-14-29-23-3-4-24(17-23)30(29)18-25/h5-16,18,23-24,32H,3-4,17H2,1-2H3. The Morgan fingerprint density at radius 3 is 1.71 bits per heavy atom. The van der Waals surface area contributed by atoms with Gasteiger partial charge in [-0.25, -0.2) is 0 Å². The first-order valence-corrected chi connectivity index (χ1v) is 13.8. The Kier molecular flexibility index (Phi) is 5.78. The average Bonchev–Trinajstić information content (AvgIpc) is 3.44. The molecule has 0 N–H and O–H groups in total. The Hall–Kier alpha value is -2.16. The normalized spacial score (nSPS) is 18.5. The predicted molar refractivity (Wildman–Crippen MR) is 150 cm³/mol. The van der Waals surface area contributed by atoms with Crippen LogP contribution in [0, 0.1) is 13.8 Å². The van der Waals surface area contributed by atoms with Crippen LogP contribution in [-0.4, -0.2) is 0 Å². The van der Waals surface area contributed by atoms with Crippen molar-refractivity contribution in [2.24, 2.45) is 0 Å². The SMILES string of the molecule is Cc1cc(C(c2ccc(Br)cc2)c2ccc(Br)cc2)cc(C)c1-c1ccc2c(c1)C1CCC2C1. The van der Waals surface area contributed by atoms with Crippen LogP contribution in [0.5, 0.6) is 0 Å². The van der Waals surface area contributed by atoms with Crippen LogP contribution in [0.1, 0.15) is 76.0 Å². The molecule has 2 aliphatic rings. The van der Waals surface area contributed by atoms with Crippen molar-refractivity contribution in [1.29, 1.82) is 0 Å². The fourth-order valence-electron chi connectivity index (χ4n) is 6.51. The highest BCUT2D eigenvalue weighted by molar-refractivity contribution is 9.10. The maximum Gasteiger partial charge on any atom is 0.0340 e. The number of hydrogen-bond acceptors (Lipinski definition) is 0. The molecule has 0 amide bonds. The molecule has 2 unspecified atom stereocenters. The summed E-state index contributed by atoms with van der Waals surface area (Å²) >= 11 is 7.20. The molecular formula is C32H28Br2. The van der Waals surface area contributed by atoms with Crippen LogP contribution in [0.3, 0.4) is 0 Å². The van der Waals surface area contributed by atoms with Gasteiger partial charge in [-0.05, 0) is 119 Å². The number of fused-ring (bicyclic) bond motifs is 5. The quantitative estimate of drug-likeness (QED) is 0.214. The van der Waals surface area contributed by atoms with Gasteiger partial charge in [-0.2, -0.15) is 0 Å². The van der Waals surface area contributed by atoms with Gasteiger partial charge in [-0.15, -0.1) is 0 Å². The summed E-state index contributed by atoms with van der Waals surface area (Å²) in [6.07, 6.45) is 4.13. The Morgan fingerprint density at radius 2 is 1.15 bits per heavy atom. The largest absolute Gasteiger partial charge is 0.0579 e. The van der Waals surface area contributed by atoms with Gasteiger partial charge in [-0.3, -0.25) is 0 Å². The third-order valence-corrected chi connectivity index (χ3v) is 9.04. The minimum atomic E-state index is 0.198. The van der Waals surface area contributed by atoms with Gasteiger partial charge < -0.3 is 0 Å².